The van der Waals surface area contributed by atoms with E-state index < -0.39 is 23.3 Å². The van der Waals surface area contributed by atoms with E-state index in [0.717, 1.165) is 64.2 Å². The molecule has 0 atom stereocenters. The molecule has 2 aromatic rings. The molecule has 0 aromatic heterocycles. The van der Waals surface area contributed by atoms with Crippen LogP contribution in [0.1, 0.15) is 107 Å². The highest BCUT2D eigenvalue weighted by Crippen LogP contribution is 2.40. The predicted molar refractivity (Wildman–Crippen MR) is 137 cm³/mol. The Morgan fingerprint density at radius 1 is 0.750 bits per heavy atom. The van der Waals surface area contributed by atoms with Gasteiger partial charge in [0.25, 0.3) is 0 Å². The first-order valence-electron chi connectivity index (χ1n) is 13.7. The summed E-state index contributed by atoms with van der Waals surface area (Å²) in [6.45, 7) is 4.60. The lowest BCUT2D eigenvalue weighted by Gasteiger charge is -2.28. The maximum atomic E-state index is 14.9. The van der Waals surface area contributed by atoms with Crippen LogP contribution in [0.25, 0.3) is 6.08 Å². The molecule has 0 unspecified atom stereocenters. The third-order valence-electron chi connectivity index (χ3n) is 8.19. The number of rotatable bonds is 8. The highest BCUT2D eigenvalue weighted by Gasteiger charge is 2.27. The van der Waals surface area contributed by atoms with Crippen LogP contribution in [0.15, 0.2) is 30.3 Å². The Labute approximate surface area is 212 Å². The van der Waals surface area contributed by atoms with E-state index in [1.54, 1.807) is 24.3 Å². The summed E-state index contributed by atoms with van der Waals surface area (Å²) in [5.74, 6) is -2.32. The van der Waals surface area contributed by atoms with Crippen LogP contribution in [0, 0.1) is 35.1 Å². The van der Waals surface area contributed by atoms with E-state index in [-0.39, 0.29) is 29.1 Å². The van der Waals surface area contributed by atoms with Crippen molar-refractivity contribution < 1.29 is 22.3 Å². The van der Waals surface area contributed by atoms with Crippen LogP contribution >= 0.6 is 0 Å². The van der Waals surface area contributed by atoms with Crippen molar-refractivity contribution in [3.8, 4) is 5.75 Å². The molecule has 0 bridgehead atoms. The van der Waals surface area contributed by atoms with Gasteiger partial charge in [-0.3, -0.25) is 0 Å². The molecule has 2 aromatic carbocycles. The molecule has 0 amide bonds. The molecule has 0 aliphatic heterocycles. The smallest absolute Gasteiger partial charge is 0.200 e. The summed E-state index contributed by atoms with van der Waals surface area (Å²) in [4.78, 5) is 0. The standard InChI is InChI=1S/C31H38F4O/c1-3-4-19-36-27-18-17-26(30(34)31(27)35)23-12-7-21(8-13-23)9-14-24-15-16-25(29(33)28(24)32)22-10-5-20(2)6-11-22/h9,14-18,20-23H,3-8,10-13,19H2,1-2H3/b14-9+. The van der Waals surface area contributed by atoms with Crippen LogP contribution in [-0.2, 0) is 0 Å². The topological polar surface area (TPSA) is 9.23 Å². The van der Waals surface area contributed by atoms with Crippen molar-refractivity contribution in [3.05, 3.63) is 70.3 Å². The first kappa shape index (κ1) is 26.8. The zero-order valence-corrected chi connectivity index (χ0v) is 21.5. The lowest BCUT2D eigenvalue weighted by atomic mass is 9.78. The van der Waals surface area contributed by atoms with Gasteiger partial charge in [0.1, 0.15) is 0 Å². The molecule has 4 rings (SSSR count). The molecule has 2 aliphatic rings. The maximum absolute atomic E-state index is 14.9. The number of hydrogen-bond acceptors (Lipinski definition) is 1. The molecule has 0 N–H and O–H groups in total. The summed E-state index contributed by atoms with van der Waals surface area (Å²) in [7, 11) is 0. The summed E-state index contributed by atoms with van der Waals surface area (Å²) in [5, 5.41) is 0. The fraction of sp³-hybridized carbons (Fsp3) is 0.548. The van der Waals surface area contributed by atoms with Crippen molar-refractivity contribution in [1.29, 1.82) is 0 Å². The quantitative estimate of drug-likeness (QED) is 0.258. The molecule has 0 radical (unpaired) electrons. The molecule has 0 saturated heterocycles. The van der Waals surface area contributed by atoms with Crippen molar-refractivity contribution in [2.45, 2.75) is 89.9 Å². The van der Waals surface area contributed by atoms with Crippen LogP contribution in [0.4, 0.5) is 17.6 Å². The second-order valence-corrected chi connectivity index (χ2v) is 10.8. The van der Waals surface area contributed by atoms with E-state index >= 15 is 0 Å². The molecule has 36 heavy (non-hydrogen) atoms. The number of allylic oxidation sites excluding steroid dienone is 1. The molecule has 196 valence electrons. The Balaban J connectivity index is 1.35. The minimum absolute atomic E-state index is 0.0281. The van der Waals surface area contributed by atoms with Gasteiger partial charge in [0.15, 0.2) is 23.2 Å². The highest BCUT2D eigenvalue weighted by molar-refractivity contribution is 5.52. The average molecular weight is 503 g/mol. The van der Waals surface area contributed by atoms with Crippen LogP contribution in [0.5, 0.6) is 5.75 Å². The lowest BCUT2D eigenvalue weighted by molar-refractivity contribution is 0.286. The van der Waals surface area contributed by atoms with Crippen LogP contribution in [-0.4, -0.2) is 6.61 Å². The summed E-state index contributed by atoms with van der Waals surface area (Å²) in [6, 6.07) is 6.62. The molecule has 0 heterocycles. The average Bonchev–Trinajstić information content (AvgIpc) is 2.89. The second kappa shape index (κ2) is 12.3. The third kappa shape index (κ3) is 6.15. The fourth-order valence-corrected chi connectivity index (χ4v) is 5.76. The van der Waals surface area contributed by atoms with E-state index in [1.165, 1.54) is 6.07 Å². The van der Waals surface area contributed by atoms with E-state index in [9.17, 15) is 17.6 Å². The van der Waals surface area contributed by atoms with Gasteiger partial charge in [0, 0.05) is 5.56 Å². The fourth-order valence-electron chi connectivity index (χ4n) is 5.76. The Kier molecular flexibility index (Phi) is 9.14. The molecule has 2 fully saturated rings. The predicted octanol–water partition coefficient (Wildman–Crippen LogP) is 9.70. The number of halogens is 4. The Morgan fingerprint density at radius 3 is 1.97 bits per heavy atom. The lowest BCUT2D eigenvalue weighted by Crippen LogP contribution is -2.14. The largest absolute Gasteiger partial charge is 0.490 e. The van der Waals surface area contributed by atoms with E-state index in [1.807, 2.05) is 13.0 Å². The van der Waals surface area contributed by atoms with E-state index in [2.05, 4.69) is 6.92 Å². The van der Waals surface area contributed by atoms with Crippen molar-refractivity contribution in [1.82, 2.24) is 0 Å². The molecular weight excluding hydrogens is 464 g/mol. The zero-order valence-electron chi connectivity index (χ0n) is 21.5. The van der Waals surface area contributed by atoms with Gasteiger partial charge < -0.3 is 4.74 Å². The Bertz CT molecular complexity index is 1050. The minimum atomic E-state index is -0.908. The second-order valence-electron chi connectivity index (χ2n) is 10.8. The molecule has 2 saturated carbocycles. The van der Waals surface area contributed by atoms with Gasteiger partial charge in [-0.15, -0.1) is 0 Å². The van der Waals surface area contributed by atoms with E-state index in [4.69, 9.17) is 4.74 Å². The first-order valence-corrected chi connectivity index (χ1v) is 13.7. The van der Waals surface area contributed by atoms with Crippen LogP contribution in [0.3, 0.4) is 0 Å². The number of hydrogen-bond donors (Lipinski definition) is 0. The normalized spacial score (nSPS) is 24.8. The van der Waals surface area contributed by atoms with Gasteiger partial charge in [-0.25, -0.2) is 13.2 Å². The molecular formula is C31H38F4O. The number of benzene rings is 2. The van der Waals surface area contributed by atoms with Gasteiger partial charge in [-0.05, 0) is 85.8 Å². The van der Waals surface area contributed by atoms with Crippen LogP contribution < -0.4 is 4.74 Å². The Hall–Kier alpha value is -2.30. The van der Waals surface area contributed by atoms with Crippen molar-refractivity contribution in [3.63, 3.8) is 0 Å². The Morgan fingerprint density at radius 2 is 1.33 bits per heavy atom. The third-order valence-corrected chi connectivity index (χ3v) is 8.19. The van der Waals surface area contributed by atoms with Crippen LogP contribution in [0.2, 0.25) is 0 Å². The minimum Gasteiger partial charge on any atom is -0.490 e. The van der Waals surface area contributed by atoms with E-state index in [0.29, 0.717) is 23.7 Å². The number of ether oxygens (including phenoxy) is 1. The maximum Gasteiger partial charge on any atom is 0.200 e. The SMILES string of the molecule is CCCCOc1ccc(C2CCC(/C=C/c3ccc(C4CCC(C)CC4)c(F)c3F)CC2)c(F)c1F. The summed E-state index contributed by atoms with van der Waals surface area (Å²) < 4.78 is 64.3. The van der Waals surface area contributed by atoms with Gasteiger partial charge in [0.05, 0.1) is 6.61 Å². The number of unbranched alkanes of at least 4 members (excludes halogenated alkanes) is 1. The zero-order chi connectivity index (χ0) is 25.7. The first-order chi connectivity index (χ1) is 17.4. The summed E-state index contributed by atoms with van der Waals surface area (Å²) in [5.41, 5.74) is 1.18. The molecule has 5 heteroatoms. The van der Waals surface area contributed by atoms with Gasteiger partial charge in [0.2, 0.25) is 5.82 Å². The molecule has 2 aliphatic carbocycles. The monoisotopic (exact) mass is 502 g/mol. The van der Waals surface area contributed by atoms with Gasteiger partial charge in [-0.2, -0.15) is 4.39 Å². The van der Waals surface area contributed by atoms with Crippen molar-refractivity contribution in [2.75, 3.05) is 6.61 Å². The van der Waals surface area contributed by atoms with Crippen molar-refractivity contribution >= 4 is 6.08 Å². The molecule has 1 nitrogen and oxygen atoms in total. The van der Waals surface area contributed by atoms with Gasteiger partial charge in [-0.1, -0.05) is 63.5 Å². The highest BCUT2D eigenvalue weighted by atomic mass is 19.2. The van der Waals surface area contributed by atoms with Gasteiger partial charge >= 0.3 is 0 Å². The summed E-state index contributed by atoms with van der Waals surface area (Å²) >= 11 is 0. The molecule has 0 spiro atoms. The van der Waals surface area contributed by atoms with Crippen molar-refractivity contribution in [2.24, 2.45) is 11.8 Å². The summed E-state index contributed by atoms with van der Waals surface area (Å²) in [6.07, 6.45) is 12.3.